The second-order valence-corrected chi connectivity index (χ2v) is 12.6. The van der Waals surface area contributed by atoms with Gasteiger partial charge in [0, 0.05) is 21.6 Å². The minimum Gasteiger partial charge on any atom is -0.394 e. The van der Waals surface area contributed by atoms with Crippen molar-refractivity contribution in [1.82, 2.24) is 4.90 Å². The number of anilines is 2. The molecule has 0 aliphatic carbocycles. The van der Waals surface area contributed by atoms with Gasteiger partial charge in [0.2, 0.25) is 17.7 Å². The van der Waals surface area contributed by atoms with Gasteiger partial charge in [0.05, 0.1) is 29.2 Å². The second-order valence-electron chi connectivity index (χ2n) is 10.6. The number of carbonyl (C=O) groups excluding carboxylic acids is 3. The van der Waals surface area contributed by atoms with Crippen molar-refractivity contribution in [2.24, 2.45) is 23.7 Å². The van der Waals surface area contributed by atoms with E-state index in [2.05, 4.69) is 17.6 Å². The van der Waals surface area contributed by atoms with Crippen LogP contribution in [0.1, 0.15) is 27.2 Å². The number of nitrogens with zero attached hydrogens (tertiary/aromatic N) is 1. The summed E-state index contributed by atoms with van der Waals surface area (Å²) in [6, 6.07) is 14.7. The molecule has 3 amide bonds. The van der Waals surface area contributed by atoms with E-state index in [4.69, 9.17) is 11.6 Å². The number of fused-ring (bicyclic) bond motifs is 1. The van der Waals surface area contributed by atoms with Crippen LogP contribution < -0.4 is 10.6 Å². The molecule has 7 atom stereocenters. The Hall–Kier alpha value is -2.55. The Morgan fingerprint density at radius 1 is 1.08 bits per heavy atom. The van der Waals surface area contributed by atoms with Gasteiger partial charge in [-0.05, 0) is 54.7 Å². The smallest absolute Gasteiger partial charge is 0.248 e. The summed E-state index contributed by atoms with van der Waals surface area (Å²) in [5.41, 5.74) is 1.26. The van der Waals surface area contributed by atoms with Gasteiger partial charge < -0.3 is 20.6 Å². The molecule has 3 fully saturated rings. The lowest BCUT2D eigenvalue weighted by Crippen LogP contribution is -2.57. The Labute approximate surface area is 226 Å². The lowest BCUT2D eigenvalue weighted by molar-refractivity contribution is -0.142. The number of carbonyl (C=O) groups is 3. The number of rotatable bonds is 7. The number of benzene rings is 2. The number of amides is 3. The minimum absolute atomic E-state index is 0.0368. The molecule has 9 heteroatoms. The van der Waals surface area contributed by atoms with Crippen LogP contribution in [-0.4, -0.2) is 56.4 Å². The quantitative estimate of drug-likeness (QED) is 0.486. The van der Waals surface area contributed by atoms with Crippen molar-refractivity contribution in [3.05, 3.63) is 59.6 Å². The van der Waals surface area contributed by atoms with Crippen LogP contribution in [0.4, 0.5) is 11.4 Å². The zero-order valence-corrected chi connectivity index (χ0v) is 22.6. The Morgan fingerprint density at radius 2 is 1.70 bits per heavy atom. The van der Waals surface area contributed by atoms with Crippen LogP contribution in [0.5, 0.6) is 0 Å². The van der Waals surface area contributed by atoms with Crippen molar-refractivity contribution in [2.75, 3.05) is 17.2 Å². The summed E-state index contributed by atoms with van der Waals surface area (Å²) in [6.07, 6.45) is 0.741. The topological polar surface area (TPSA) is 98.7 Å². The number of likely N-dealkylation sites (tertiary alicyclic amines) is 1. The minimum atomic E-state index is -0.820. The molecule has 3 heterocycles. The highest BCUT2D eigenvalue weighted by Gasteiger charge is 2.76. The van der Waals surface area contributed by atoms with E-state index in [0.29, 0.717) is 16.4 Å². The number of hydrogen-bond acceptors (Lipinski definition) is 5. The highest BCUT2D eigenvalue weighted by atomic mass is 35.5. The molecule has 3 N–H and O–H groups in total. The van der Waals surface area contributed by atoms with Crippen molar-refractivity contribution in [2.45, 2.75) is 49.3 Å². The molecule has 1 spiro atoms. The van der Waals surface area contributed by atoms with Crippen LogP contribution in [0, 0.1) is 23.7 Å². The normalized spacial score (nSPS) is 30.9. The van der Waals surface area contributed by atoms with Gasteiger partial charge in [-0.1, -0.05) is 50.6 Å². The fourth-order valence-electron chi connectivity index (χ4n) is 6.53. The Bertz CT molecular complexity index is 1190. The van der Waals surface area contributed by atoms with Crippen LogP contribution in [-0.2, 0) is 14.4 Å². The summed E-state index contributed by atoms with van der Waals surface area (Å²) >= 11 is 7.64. The number of aliphatic hydroxyl groups excluding tert-OH is 1. The molecule has 7 nitrogen and oxygen atoms in total. The average Bonchev–Trinajstić information content (AvgIpc) is 3.45. The van der Waals surface area contributed by atoms with Crippen LogP contribution in [0.25, 0.3) is 0 Å². The standard InChI is InChI=1S/C28H32ClN3O4S/c1-15(2)20(14-33)32-24(26(35)31-19-11-9-17(29)10-12-19)28-16(3)13-21(37-28)22(23(28)27(32)36)25(34)30-18-7-5-4-6-8-18/h4-12,15-16,20-24,33H,13-14H2,1-3H3,(H,30,34)(H,31,35)/t16?,20-,21-,22+,23-,24?,28?/m0/s1. The average molecular weight is 542 g/mol. The molecule has 2 aromatic carbocycles. The zero-order chi connectivity index (χ0) is 26.5. The lowest BCUT2D eigenvalue weighted by atomic mass is 9.66. The third-order valence-corrected chi connectivity index (χ3v) is 10.5. The molecule has 3 saturated heterocycles. The number of nitrogens with one attached hydrogen (secondary N) is 2. The first-order valence-electron chi connectivity index (χ1n) is 12.7. The molecule has 3 aliphatic rings. The maximum absolute atomic E-state index is 14.2. The molecule has 37 heavy (non-hydrogen) atoms. The summed E-state index contributed by atoms with van der Waals surface area (Å²) in [5, 5.41) is 16.8. The van der Waals surface area contributed by atoms with E-state index < -0.39 is 28.7 Å². The van der Waals surface area contributed by atoms with Crippen molar-refractivity contribution in [1.29, 1.82) is 0 Å². The molecule has 0 aromatic heterocycles. The molecule has 0 radical (unpaired) electrons. The van der Waals surface area contributed by atoms with Gasteiger partial charge in [0.15, 0.2) is 0 Å². The molecule has 196 valence electrons. The third-order valence-electron chi connectivity index (χ3n) is 8.20. The van der Waals surface area contributed by atoms with E-state index in [-0.39, 0.29) is 41.4 Å². The highest BCUT2D eigenvalue weighted by molar-refractivity contribution is 8.02. The van der Waals surface area contributed by atoms with E-state index in [1.807, 2.05) is 44.2 Å². The number of thioether (sulfide) groups is 1. The van der Waals surface area contributed by atoms with E-state index in [1.54, 1.807) is 40.9 Å². The van der Waals surface area contributed by atoms with Gasteiger partial charge in [0.25, 0.3) is 0 Å². The van der Waals surface area contributed by atoms with Crippen LogP contribution >= 0.6 is 23.4 Å². The molecular weight excluding hydrogens is 510 g/mol. The molecule has 3 aliphatic heterocycles. The molecule has 0 saturated carbocycles. The van der Waals surface area contributed by atoms with Crippen molar-refractivity contribution < 1.29 is 19.5 Å². The number of halogens is 1. The lowest BCUT2D eigenvalue weighted by Gasteiger charge is -2.40. The van der Waals surface area contributed by atoms with Crippen LogP contribution in [0.2, 0.25) is 5.02 Å². The fourth-order valence-corrected chi connectivity index (χ4v) is 9.06. The van der Waals surface area contributed by atoms with Gasteiger partial charge in [-0.2, -0.15) is 0 Å². The zero-order valence-electron chi connectivity index (χ0n) is 21.1. The SMILES string of the molecule is CC(C)[C@H](CO)N1C(=O)[C@@H]2[C@H](C(=O)Nc3ccccc3)[C@@H]3CC(C)C2(S3)C1C(=O)Nc1ccc(Cl)cc1. The van der Waals surface area contributed by atoms with Gasteiger partial charge in [-0.25, -0.2) is 0 Å². The van der Waals surface area contributed by atoms with Crippen molar-refractivity contribution in [3.8, 4) is 0 Å². The molecule has 5 rings (SSSR count). The molecular formula is C28H32ClN3O4S. The maximum atomic E-state index is 14.2. The predicted molar refractivity (Wildman–Crippen MR) is 146 cm³/mol. The van der Waals surface area contributed by atoms with Gasteiger partial charge in [-0.15, -0.1) is 11.8 Å². The third kappa shape index (κ3) is 4.23. The maximum Gasteiger partial charge on any atom is 0.248 e. The van der Waals surface area contributed by atoms with E-state index in [0.717, 1.165) is 6.42 Å². The number of aliphatic hydroxyl groups is 1. The predicted octanol–water partition coefficient (Wildman–Crippen LogP) is 4.27. The van der Waals surface area contributed by atoms with Crippen LogP contribution in [0.15, 0.2) is 54.6 Å². The van der Waals surface area contributed by atoms with E-state index in [1.165, 1.54) is 0 Å². The summed E-state index contributed by atoms with van der Waals surface area (Å²) in [6.45, 7) is 5.68. The van der Waals surface area contributed by atoms with Gasteiger partial charge >= 0.3 is 0 Å². The number of para-hydroxylation sites is 1. The Morgan fingerprint density at radius 3 is 2.32 bits per heavy atom. The largest absolute Gasteiger partial charge is 0.394 e. The van der Waals surface area contributed by atoms with Crippen LogP contribution in [0.3, 0.4) is 0 Å². The number of hydrogen-bond donors (Lipinski definition) is 3. The Balaban J connectivity index is 1.54. The van der Waals surface area contributed by atoms with Gasteiger partial charge in [-0.3, -0.25) is 14.4 Å². The first-order valence-corrected chi connectivity index (χ1v) is 14.0. The van der Waals surface area contributed by atoms with Crippen molar-refractivity contribution in [3.63, 3.8) is 0 Å². The van der Waals surface area contributed by atoms with Crippen molar-refractivity contribution >= 4 is 52.5 Å². The molecule has 2 aromatic rings. The van der Waals surface area contributed by atoms with E-state index in [9.17, 15) is 19.5 Å². The fraction of sp³-hybridized carbons (Fsp3) is 0.464. The molecule has 2 bridgehead atoms. The monoisotopic (exact) mass is 541 g/mol. The Kier molecular flexibility index (Phi) is 7.02. The first-order chi connectivity index (χ1) is 17.7. The summed E-state index contributed by atoms with van der Waals surface area (Å²) in [4.78, 5) is 43.4. The van der Waals surface area contributed by atoms with E-state index >= 15 is 0 Å². The molecule has 3 unspecified atom stereocenters. The summed E-state index contributed by atoms with van der Waals surface area (Å²) in [5.74, 6) is -1.97. The van der Waals surface area contributed by atoms with Gasteiger partial charge in [0.1, 0.15) is 6.04 Å². The summed E-state index contributed by atoms with van der Waals surface area (Å²) in [7, 11) is 0. The highest BCUT2D eigenvalue weighted by Crippen LogP contribution is 2.69. The first kappa shape index (κ1) is 26.1. The summed E-state index contributed by atoms with van der Waals surface area (Å²) < 4.78 is -0.765. The second kappa shape index (κ2) is 9.97.